The lowest BCUT2D eigenvalue weighted by Gasteiger charge is -2.16. The number of thiocarbonyl (C=S) groups is 2. The molecule has 37 heavy (non-hydrogen) atoms. The maximum atomic E-state index is 5.88. The lowest BCUT2D eigenvalue weighted by molar-refractivity contribution is 0.816. The summed E-state index contributed by atoms with van der Waals surface area (Å²) in [4.78, 5) is 2.11. The molecule has 0 spiro atoms. The van der Waals surface area contributed by atoms with E-state index in [0.717, 1.165) is 29.0 Å². The third kappa shape index (κ3) is 3.85. The molecule has 0 saturated heterocycles. The van der Waals surface area contributed by atoms with Gasteiger partial charge in [0.25, 0.3) is 0 Å². The normalized spacial score (nSPS) is 22.9. The number of benzene rings is 2. The highest BCUT2D eigenvalue weighted by atomic mass is 32.1. The van der Waals surface area contributed by atoms with E-state index in [4.69, 9.17) is 24.4 Å². The summed E-state index contributed by atoms with van der Waals surface area (Å²) in [5, 5.41) is 0. The van der Waals surface area contributed by atoms with Crippen molar-refractivity contribution in [3.8, 4) is 0 Å². The summed E-state index contributed by atoms with van der Waals surface area (Å²) in [6.07, 6.45) is 7.99. The van der Waals surface area contributed by atoms with E-state index < -0.39 is 0 Å². The van der Waals surface area contributed by atoms with Gasteiger partial charge in [0.05, 0.1) is 0 Å². The number of rotatable bonds is 6. The van der Waals surface area contributed by atoms with Crippen molar-refractivity contribution in [3.05, 3.63) is 129 Å². The van der Waals surface area contributed by atoms with Gasteiger partial charge in [0.1, 0.15) is 0 Å². The molecule has 0 bridgehead atoms. The maximum absolute atomic E-state index is 5.88. The Morgan fingerprint density at radius 1 is 0.541 bits per heavy atom. The Labute approximate surface area is 231 Å². The average molecular weight is 517 g/mol. The van der Waals surface area contributed by atoms with Gasteiger partial charge in [-0.05, 0) is 114 Å². The predicted molar refractivity (Wildman–Crippen MR) is 166 cm³/mol. The fourth-order valence-corrected chi connectivity index (χ4v) is 7.62. The first-order valence-electron chi connectivity index (χ1n) is 13.3. The monoisotopic (exact) mass is 516 g/mol. The van der Waals surface area contributed by atoms with Gasteiger partial charge in [-0.25, -0.2) is 0 Å². The summed E-state index contributed by atoms with van der Waals surface area (Å²) in [6, 6.07) is 21.8. The van der Waals surface area contributed by atoms with Crippen molar-refractivity contribution < 1.29 is 0 Å². The lowest BCUT2D eigenvalue weighted by Crippen LogP contribution is -2.01. The van der Waals surface area contributed by atoms with E-state index in [2.05, 4.69) is 101 Å². The van der Waals surface area contributed by atoms with Gasteiger partial charge in [-0.1, -0.05) is 97.3 Å². The van der Waals surface area contributed by atoms with Crippen LogP contribution < -0.4 is 0 Å². The van der Waals surface area contributed by atoms with Gasteiger partial charge < -0.3 is 0 Å². The molecular weight excluding hydrogens is 485 g/mol. The molecule has 0 saturated carbocycles. The second kappa shape index (κ2) is 9.42. The summed E-state index contributed by atoms with van der Waals surface area (Å²) in [5.74, 6) is 0.619. The van der Waals surface area contributed by atoms with Gasteiger partial charge in [-0.2, -0.15) is 0 Å². The summed E-state index contributed by atoms with van der Waals surface area (Å²) in [6.45, 7) is 8.91. The molecule has 2 atom stereocenters. The van der Waals surface area contributed by atoms with Crippen LogP contribution in [0.5, 0.6) is 0 Å². The first kappa shape index (κ1) is 24.4. The van der Waals surface area contributed by atoms with Crippen LogP contribution in [0.1, 0.15) is 58.1 Å². The van der Waals surface area contributed by atoms with E-state index in [1.54, 1.807) is 0 Å². The molecule has 0 nitrogen and oxygen atoms in total. The van der Waals surface area contributed by atoms with E-state index in [1.165, 1.54) is 66.9 Å². The fourth-order valence-electron chi connectivity index (χ4n) is 6.92. The topological polar surface area (TPSA) is 0 Å². The van der Waals surface area contributed by atoms with Crippen LogP contribution in [0.25, 0.3) is 11.1 Å². The molecule has 0 amide bonds. The Kier molecular flexibility index (Phi) is 6.21. The van der Waals surface area contributed by atoms with Crippen molar-refractivity contribution >= 4 is 45.3 Å². The molecule has 4 aliphatic rings. The molecule has 0 heterocycles. The summed E-state index contributed by atoms with van der Waals surface area (Å²) >= 11 is 11.8. The molecule has 0 radical (unpaired) electrons. The minimum atomic E-state index is 0.309. The molecule has 184 valence electrons. The number of hydrogen-bond acceptors (Lipinski definition) is 2. The van der Waals surface area contributed by atoms with E-state index >= 15 is 0 Å². The van der Waals surface area contributed by atoms with E-state index in [1.807, 2.05) is 0 Å². The van der Waals surface area contributed by atoms with Crippen LogP contribution in [0.15, 0.2) is 117 Å². The second-order valence-corrected chi connectivity index (χ2v) is 11.6. The lowest BCUT2D eigenvalue weighted by atomic mass is 9.88. The van der Waals surface area contributed by atoms with Crippen molar-refractivity contribution in [2.45, 2.75) is 47.0 Å². The first-order valence-corrected chi connectivity index (χ1v) is 14.2. The molecule has 2 aromatic carbocycles. The summed E-state index contributed by atoms with van der Waals surface area (Å²) in [7, 11) is 0. The van der Waals surface area contributed by atoms with Crippen LogP contribution in [0.4, 0.5) is 0 Å². The van der Waals surface area contributed by atoms with Gasteiger partial charge in [0.15, 0.2) is 0 Å². The molecule has 4 aliphatic carbocycles. The van der Waals surface area contributed by atoms with Gasteiger partial charge in [-0.15, -0.1) is 0 Å². The highest BCUT2D eigenvalue weighted by Crippen LogP contribution is 2.52. The molecular formula is C35H32S2. The largest absolute Gasteiger partial charge is 0.0795 e. The zero-order chi connectivity index (χ0) is 25.8. The highest BCUT2D eigenvalue weighted by molar-refractivity contribution is 7.81. The smallest absolute Gasteiger partial charge is 0.0447 e. The average Bonchev–Trinajstić information content (AvgIpc) is 3.55. The molecule has 0 aliphatic heterocycles. The molecule has 2 heteroatoms. The van der Waals surface area contributed by atoms with E-state index in [9.17, 15) is 0 Å². The zero-order valence-electron chi connectivity index (χ0n) is 22.0. The zero-order valence-corrected chi connectivity index (χ0v) is 23.7. The van der Waals surface area contributed by atoms with E-state index in [-0.39, 0.29) is 0 Å². The van der Waals surface area contributed by atoms with Crippen LogP contribution in [-0.4, -0.2) is 9.73 Å². The standard InChI is InChI=1S/C35H32S2/c1-20-18-28-30(34(20)36)22(3)26(32(28)24-12-7-5-8-13-24)16-11-17-27-23(4)31-29(19-21(2)35(31)37)33(27)25-14-9-6-10-15-25/h5-10,12-15,18-19,28-29H,11,16-17H2,1-4H3. The van der Waals surface area contributed by atoms with Crippen molar-refractivity contribution in [2.75, 3.05) is 0 Å². The number of fused-ring (bicyclic) bond motifs is 2. The van der Waals surface area contributed by atoms with Crippen LogP contribution in [0.3, 0.4) is 0 Å². The van der Waals surface area contributed by atoms with Crippen molar-refractivity contribution in [3.63, 3.8) is 0 Å². The van der Waals surface area contributed by atoms with Gasteiger partial charge in [0.2, 0.25) is 0 Å². The first-order chi connectivity index (χ1) is 17.9. The molecule has 0 N–H and O–H groups in total. The quantitative estimate of drug-likeness (QED) is 0.351. The Hall–Kier alpha value is -2.94. The summed E-state index contributed by atoms with van der Waals surface area (Å²) in [5.41, 5.74) is 16.6. The summed E-state index contributed by atoms with van der Waals surface area (Å²) < 4.78 is 0. The Morgan fingerprint density at radius 2 is 0.919 bits per heavy atom. The highest BCUT2D eigenvalue weighted by Gasteiger charge is 2.39. The van der Waals surface area contributed by atoms with Crippen molar-refractivity contribution in [2.24, 2.45) is 11.8 Å². The molecule has 6 rings (SSSR count). The van der Waals surface area contributed by atoms with E-state index in [0.29, 0.717) is 11.8 Å². The molecule has 0 aromatic heterocycles. The van der Waals surface area contributed by atoms with Gasteiger partial charge in [-0.3, -0.25) is 0 Å². The minimum Gasteiger partial charge on any atom is -0.0795 e. The van der Waals surface area contributed by atoms with Crippen molar-refractivity contribution in [1.29, 1.82) is 0 Å². The van der Waals surface area contributed by atoms with Gasteiger partial charge >= 0.3 is 0 Å². The Balaban J connectivity index is 1.36. The molecule has 2 aromatic rings. The Morgan fingerprint density at radius 3 is 1.30 bits per heavy atom. The number of hydrogen-bond donors (Lipinski definition) is 0. The van der Waals surface area contributed by atoms with Crippen LogP contribution >= 0.6 is 24.4 Å². The SMILES string of the molecule is CC1=CC2C(=C(C)C(CCCC3=C(c4ccccc4)C4C=C(C)C(=S)C4=C3C)=C2c2ccccc2)C1=S. The predicted octanol–water partition coefficient (Wildman–Crippen LogP) is 9.62. The maximum Gasteiger partial charge on any atom is 0.0447 e. The van der Waals surface area contributed by atoms with Crippen molar-refractivity contribution in [1.82, 2.24) is 0 Å². The third-order valence-electron chi connectivity index (χ3n) is 8.67. The second-order valence-electron chi connectivity index (χ2n) is 10.8. The number of allylic oxidation sites excluding steroid dienone is 12. The molecule has 0 fully saturated rings. The minimum absolute atomic E-state index is 0.309. The van der Waals surface area contributed by atoms with Crippen LogP contribution in [-0.2, 0) is 0 Å². The Bertz CT molecular complexity index is 1420. The third-order valence-corrected chi connectivity index (χ3v) is 9.75. The molecule has 2 unspecified atom stereocenters. The fraction of sp³-hybridized carbons (Fsp3) is 0.257. The van der Waals surface area contributed by atoms with Crippen LogP contribution in [0, 0.1) is 11.8 Å². The van der Waals surface area contributed by atoms with Crippen LogP contribution in [0.2, 0.25) is 0 Å². The van der Waals surface area contributed by atoms with Gasteiger partial charge in [0, 0.05) is 21.6 Å².